The molecule has 25 heavy (non-hydrogen) atoms. The van der Waals surface area contributed by atoms with Crippen molar-refractivity contribution < 1.29 is 14.3 Å². The van der Waals surface area contributed by atoms with Gasteiger partial charge in [0.1, 0.15) is 5.60 Å². The van der Waals surface area contributed by atoms with E-state index in [-0.39, 0.29) is 5.91 Å². The van der Waals surface area contributed by atoms with Crippen LogP contribution in [0.2, 0.25) is 0 Å². The van der Waals surface area contributed by atoms with Crippen molar-refractivity contribution in [2.24, 2.45) is 0 Å². The molecule has 0 atom stereocenters. The summed E-state index contributed by atoms with van der Waals surface area (Å²) in [5.74, 6) is 0.0854. The summed E-state index contributed by atoms with van der Waals surface area (Å²) in [6, 6.07) is 7.93. The van der Waals surface area contributed by atoms with Gasteiger partial charge in [-0.05, 0) is 64.7 Å². The van der Waals surface area contributed by atoms with Crippen LogP contribution in [0.15, 0.2) is 24.3 Å². The van der Waals surface area contributed by atoms with Gasteiger partial charge in [0.05, 0.1) is 0 Å². The number of hydrogen-bond acceptors (Lipinski definition) is 3. The third-order valence-corrected chi connectivity index (χ3v) is 4.65. The lowest BCUT2D eigenvalue weighted by Gasteiger charge is -2.29. The first kappa shape index (κ1) is 17.8. The molecule has 2 fully saturated rings. The van der Waals surface area contributed by atoms with Gasteiger partial charge < -0.3 is 9.64 Å². The minimum absolute atomic E-state index is 0.0854. The van der Waals surface area contributed by atoms with Gasteiger partial charge in [0.2, 0.25) is 0 Å². The predicted molar refractivity (Wildman–Crippen MR) is 97.7 cm³/mol. The Bertz CT molecular complexity index is 641. The van der Waals surface area contributed by atoms with Crippen LogP contribution in [0.25, 0.3) is 0 Å². The summed E-state index contributed by atoms with van der Waals surface area (Å²) in [7, 11) is 0. The molecular formula is C20H28N2O3. The van der Waals surface area contributed by atoms with E-state index in [9.17, 15) is 9.59 Å². The van der Waals surface area contributed by atoms with Gasteiger partial charge in [0.15, 0.2) is 0 Å². The van der Waals surface area contributed by atoms with E-state index in [4.69, 9.17) is 4.74 Å². The first-order valence-corrected chi connectivity index (χ1v) is 9.26. The SMILES string of the molecule is CC(C)(C)OC(=O)Nc1cccc(C(=O)N(C2CCCC2)C2CC2)c1. The van der Waals surface area contributed by atoms with E-state index in [0.29, 0.717) is 23.3 Å². The maximum Gasteiger partial charge on any atom is 0.412 e. The first-order valence-electron chi connectivity index (χ1n) is 9.26. The molecule has 3 rings (SSSR count). The lowest BCUT2D eigenvalue weighted by molar-refractivity contribution is 0.0631. The van der Waals surface area contributed by atoms with E-state index in [2.05, 4.69) is 10.2 Å². The van der Waals surface area contributed by atoms with Gasteiger partial charge in [-0.15, -0.1) is 0 Å². The number of benzene rings is 1. The molecule has 0 radical (unpaired) electrons. The smallest absolute Gasteiger partial charge is 0.412 e. The van der Waals surface area contributed by atoms with E-state index in [1.165, 1.54) is 12.8 Å². The highest BCUT2D eigenvalue weighted by Gasteiger charge is 2.38. The molecule has 5 nitrogen and oxygen atoms in total. The molecule has 0 unspecified atom stereocenters. The van der Waals surface area contributed by atoms with E-state index >= 15 is 0 Å². The highest BCUT2D eigenvalue weighted by Crippen LogP contribution is 2.35. The molecule has 0 spiro atoms. The van der Waals surface area contributed by atoms with Crippen LogP contribution in [0.5, 0.6) is 0 Å². The molecule has 1 aromatic rings. The highest BCUT2D eigenvalue weighted by atomic mass is 16.6. The van der Waals surface area contributed by atoms with Crippen molar-refractivity contribution in [1.82, 2.24) is 4.90 Å². The molecule has 5 heteroatoms. The molecule has 1 aromatic carbocycles. The quantitative estimate of drug-likeness (QED) is 0.869. The number of carbonyl (C=O) groups excluding carboxylic acids is 2. The van der Waals surface area contributed by atoms with Crippen LogP contribution in [0.3, 0.4) is 0 Å². The second-order valence-corrected chi connectivity index (χ2v) is 8.09. The Morgan fingerprint density at radius 1 is 1.08 bits per heavy atom. The summed E-state index contributed by atoms with van der Waals surface area (Å²) in [5.41, 5.74) is 0.664. The Balaban J connectivity index is 1.71. The van der Waals surface area contributed by atoms with Crippen molar-refractivity contribution in [1.29, 1.82) is 0 Å². The van der Waals surface area contributed by atoms with E-state index < -0.39 is 11.7 Å². The first-order chi connectivity index (χ1) is 11.8. The molecular weight excluding hydrogens is 316 g/mol. The maximum absolute atomic E-state index is 13.1. The summed E-state index contributed by atoms with van der Waals surface area (Å²) in [5, 5.41) is 2.72. The van der Waals surface area contributed by atoms with Gasteiger partial charge in [0, 0.05) is 23.3 Å². The van der Waals surface area contributed by atoms with Crippen LogP contribution in [0, 0.1) is 0 Å². The summed E-state index contributed by atoms with van der Waals surface area (Å²) >= 11 is 0. The van der Waals surface area contributed by atoms with Crippen molar-refractivity contribution in [3.63, 3.8) is 0 Å². The third-order valence-electron chi connectivity index (χ3n) is 4.65. The zero-order valence-electron chi connectivity index (χ0n) is 15.4. The summed E-state index contributed by atoms with van der Waals surface area (Å²) < 4.78 is 5.27. The van der Waals surface area contributed by atoms with Crippen molar-refractivity contribution in [3.8, 4) is 0 Å². The number of nitrogens with zero attached hydrogens (tertiary/aromatic N) is 1. The molecule has 1 N–H and O–H groups in total. The van der Waals surface area contributed by atoms with Gasteiger partial charge in [-0.2, -0.15) is 0 Å². The van der Waals surface area contributed by atoms with E-state index in [1.807, 2.05) is 26.8 Å². The lowest BCUT2D eigenvalue weighted by atomic mass is 10.1. The van der Waals surface area contributed by atoms with Gasteiger partial charge >= 0.3 is 6.09 Å². The fourth-order valence-corrected chi connectivity index (χ4v) is 3.47. The van der Waals surface area contributed by atoms with Gasteiger partial charge in [0.25, 0.3) is 5.91 Å². The molecule has 0 heterocycles. The molecule has 0 saturated heterocycles. The minimum atomic E-state index is -0.553. The van der Waals surface area contributed by atoms with Crippen LogP contribution in [-0.4, -0.2) is 34.6 Å². The molecule has 0 bridgehead atoms. The van der Waals surface area contributed by atoms with E-state index in [0.717, 1.165) is 25.7 Å². The van der Waals surface area contributed by atoms with Gasteiger partial charge in [-0.25, -0.2) is 4.79 Å². The Morgan fingerprint density at radius 3 is 2.32 bits per heavy atom. The Morgan fingerprint density at radius 2 is 1.72 bits per heavy atom. The zero-order valence-corrected chi connectivity index (χ0v) is 15.4. The molecule has 0 aliphatic heterocycles. The molecule has 0 aromatic heterocycles. The number of hydrogen-bond donors (Lipinski definition) is 1. The zero-order chi connectivity index (χ0) is 18.0. The Labute approximate surface area is 149 Å². The highest BCUT2D eigenvalue weighted by molar-refractivity contribution is 5.96. The van der Waals surface area contributed by atoms with E-state index in [1.54, 1.807) is 18.2 Å². The standard InChI is InChI=1S/C20H28N2O3/c1-20(2,3)25-19(24)21-15-8-6-7-14(13-15)18(23)22(17-11-12-17)16-9-4-5-10-16/h6-8,13,16-17H,4-5,9-12H2,1-3H3,(H,21,24). The largest absolute Gasteiger partial charge is 0.444 e. The normalized spacial score (nSPS) is 18.0. The van der Waals surface area contributed by atoms with Crippen molar-refractivity contribution in [3.05, 3.63) is 29.8 Å². The van der Waals surface area contributed by atoms with Crippen LogP contribution < -0.4 is 5.32 Å². The number of amides is 2. The number of rotatable bonds is 4. The Hall–Kier alpha value is -2.04. The lowest BCUT2D eigenvalue weighted by Crippen LogP contribution is -2.40. The topological polar surface area (TPSA) is 58.6 Å². The van der Waals surface area contributed by atoms with Crippen LogP contribution in [-0.2, 0) is 4.74 Å². The third kappa shape index (κ3) is 4.74. The number of nitrogens with one attached hydrogen (secondary N) is 1. The Kier molecular flexibility index (Phi) is 5.02. The second kappa shape index (κ2) is 7.06. The number of anilines is 1. The summed E-state index contributed by atoms with van der Waals surface area (Å²) in [6.07, 6.45) is 6.35. The minimum Gasteiger partial charge on any atom is -0.444 e. The average Bonchev–Trinajstić information content (AvgIpc) is 3.20. The predicted octanol–water partition coefficient (Wildman–Crippen LogP) is 4.58. The second-order valence-electron chi connectivity index (χ2n) is 8.09. The summed E-state index contributed by atoms with van der Waals surface area (Å²) in [6.45, 7) is 5.46. The number of carbonyl (C=O) groups is 2. The van der Waals surface area contributed by atoms with Crippen molar-refractivity contribution >= 4 is 17.7 Å². The molecule has 2 aliphatic carbocycles. The molecule has 2 amide bonds. The fourth-order valence-electron chi connectivity index (χ4n) is 3.47. The van der Waals surface area contributed by atoms with Gasteiger partial charge in [-0.1, -0.05) is 18.9 Å². The number of ether oxygens (including phenoxy) is 1. The monoisotopic (exact) mass is 344 g/mol. The fraction of sp³-hybridized carbons (Fsp3) is 0.600. The maximum atomic E-state index is 13.1. The van der Waals surface area contributed by atoms with Crippen LogP contribution in [0.1, 0.15) is 69.7 Å². The van der Waals surface area contributed by atoms with Crippen LogP contribution >= 0.6 is 0 Å². The van der Waals surface area contributed by atoms with Crippen molar-refractivity contribution in [2.45, 2.75) is 77.0 Å². The molecule has 136 valence electrons. The average molecular weight is 344 g/mol. The van der Waals surface area contributed by atoms with Gasteiger partial charge in [-0.3, -0.25) is 10.1 Å². The molecule has 2 aliphatic rings. The van der Waals surface area contributed by atoms with Crippen molar-refractivity contribution in [2.75, 3.05) is 5.32 Å². The molecule has 2 saturated carbocycles. The summed E-state index contributed by atoms with van der Waals surface area (Å²) in [4.78, 5) is 27.1. The van der Waals surface area contributed by atoms with Crippen LogP contribution in [0.4, 0.5) is 10.5 Å².